The Labute approximate surface area is 200 Å². The van der Waals surface area contributed by atoms with Crippen LogP contribution in [0.25, 0.3) is 0 Å². The topological polar surface area (TPSA) is 92.8 Å². The van der Waals surface area contributed by atoms with Crippen molar-refractivity contribution in [1.82, 2.24) is 9.62 Å². The standard InChI is InChI=1S/C24H29ClN2O5S/c1-16-8-7-13-27(15-16)33(30,31)22-14-20(11-12-21(22)25)24(29)32-18(3)23(28)26-17(2)19-9-5-4-6-10-19/h4-6,9-12,14,16-18H,7-8,13,15H2,1-3H3,(H,26,28). The number of esters is 1. The summed E-state index contributed by atoms with van der Waals surface area (Å²) in [5.74, 6) is -1.01. The molecule has 0 radical (unpaired) electrons. The van der Waals surface area contributed by atoms with Gasteiger partial charge in [-0.3, -0.25) is 4.79 Å². The lowest BCUT2D eigenvalue weighted by molar-refractivity contribution is -0.129. The third-order valence-electron chi connectivity index (χ3n) is 5.72. The number of rotatable bonds is 7. The molecular weight excluding hydrogens is 464 g/mol. The summed E-state index contributed by atoms with van der Waals surface area (Å²) in [6.07, 6.45) is 0.672. The molecule has 3 rings (SSSR count). The molecule has 3 unspecified atom stereocenters. The zero-order valence-corrected chi connectivity index (χ0v) is 20.5. The van der Waals surface area contributed by atoms with Gasteiger partial charge in [0.1, 0.15) is 4.90 Å². The van der Waals surface area contributed by atoms with Gasteiger partial charge in [-0.1, -0.05) is 48.9 Å². The monoisotopic (exact) mass is 492 g/mol. The number of halogens is 1. The van der Waals surface area contributed by atoms with E-state index in [0.29, 0.717) is 13.1 Å². The summed E-state index contributed by atoms with van der Waals surface area (Å²) >= 11 is 6.19. The highest BCUT2D eigenvalue weighted by Gasteiger charge is 2.31. The van der Waals surface area contributed by atoms with E-state index < -0.39 is 28.0 Å². The minimum atomic E-state index is -3.86. The van der Waals surface area contributed by atoms with Crippen molar-refractivity contribution >= 4 is 33.5 Å². The van der Waals surface area contributed by atoms with Crippen molar-refractivity contribution in [1.29, 1.82) is 0 Å². The van der Waals surface area contributed by atoms with Crippen LogP contribution in [0.15, 0.2) is 53.4 Å². The second-order valence-electron chi connectivity index (χ2n) is 8.44. The zero-order chi connectivity index (χ0) is 24.2. The number of nitrogens with zero attached hydrogens (tertiary/aromatic N) is 1. The predicted octanol–water partition coefficient (Wildman–Crippen LogP) is 4.18. The minimum absolute atomic E-state index is 0.0128. The molecule has 2 aromatic rings. The van der Waals surface area contributed by atoms with Gasteiger partial charge >= 0.3 is 5.97 Å². The van der Waals surface area contributed by atoms with Crippen molar-refractivity contribution < 1.29 is 22.7 Å². The molecule has 9 heteroatoms. The van der Waals surface area contributed by atoms with E-state index in [1.807, 2.05) is 44.2 Å². The van der Waals surface area contributed by atoms with Crippen molar-refractivity contribution in [3.8, 4) is 0 Å². The number of sulfonamides is 1. The van der Waals surface area contributed by atoms with Gasteiger partial charge in [-0.25, -0.2) is 13.2 Å². The lowest BCUT2D eigenvalue weighted by atomic mass is 10.0. The van der Waals surface area contributed by atoms with Crippen LogP contribution >= 0.6 is 11.6 Å². The first kappa shape index (κ1) is 25.2. The third kappa shape index (κ3) is 6.13. The molecule has 0 aliphatic carbocycles. The van der Waals surface area contributed by atoms with E-state index in [0.717, 1.165) is 18.4 Å². The molecule has 7 nitrogen and oxygen atoms in total. The molecule has 1 aliphatic heterocycles. The number of carbonyl (C=O) groups excluding carboxylic acids is 2. The Hall–Kier alpha value is -2.42. The number of ether oxygens (including phenoxy) is 1. The number of amides is 1. The number of nitrogens with one attached hydrogen (secondary N) is 1. The van der Waals surface area contributed by atoms with Gasteiger partial charge < -0.3 is 10.1 Å². The molecule has 1 saturated heterocycles. The average Bonchev–Trinajstić information content (AvgIpc) is 2.79. The number of piperidine rings is 1. The normalized spacial score (nSPS) is 18.8. The van der Waals surface area contributed by atoms with Gasteiger partial charge in [0.15, 0.2) is 6.10 Å². The molecule has 2 aromatic carbocycles. The molecule has 3 atom stereocenters. The van der Waals surface area contributed by atoms with Gasteiger partial charge in [-0.2, -0.15) is 4.31 Å². The van der Waals surface area contributed by atoms with Gasteiger partial charge in [-0.05, 0) is 56.4 Å². The van der Waals surface area contributed by atoms with Gasteiger partial charge in [-0.15, -0.1) is 0 Å². The Balaban J connectivity index is 1.70. The lowest BCUT2D eigenvalue weighted by Crippen LogP contribution is -2.39. The Morgan fingerprint density at radius 3 is 2.52 bits per heavy atom. The van der Waals surface area contributed by atoms with Gasteiger partial charge in [0.2, 0.25) is 10.0 Å². The smallest absolute Gasteiger partial charge is 0.338 e. The van der Waals surface area contributed by atoms with Crippen molar-refractivity contribution in [2.75, 3.05) is 13.1 Å². The van der Waals surface area contributed by atoms with E-state index in [9.17, 15) is 18.0 Å². The summed E-state index contributed by atoms with van der Waals surface area (Å²) in [6, 6.07) is 13.1. The van der Waals surface area contributed by atoms with Gasteiger partial charge in [0, 0.05) is 13.1 Å². The van der Waals surface area contributed by atoms with Crippen LogP contribution in [0.2, 0.25) is 5.02 Å². The maximum atomic E-state index is 13.1. The van der Waals surface area contributed by atoms with E-state index in [2.05, 4.69) is 5.32 Å². The minimum Gasteiger partial charge on any atom is -0.449 e. The first-order chi connectivity index (χ1) is 15.6. The fourth-order valence-electron chi connectivity index (χ4n) is 3.77. The van der Waals surface area contributed by atoms with Crippen LogP contribution in [-0.2, 0) is 19.6 Å². The summed E-state index contributed by atoms with van der Waals surface area (Å²) in [7, 11) is -3.86. The number of carbonyl (C=O) groups is 2. The van der Waals surface area contributed by atoms with Crippen LogP contribution in [0.1, 0.15) is 55.6 Å². The van der Waals surface area contributed by atoms with Gasteiger partial charge in [0.05, 0.1) is 16.6 Å². The first-order valence-electron chi connectivity index (χ1n) is 11.0. The average molecular weight is 493 g/mol. The van der Waals surface area contributed by atoms with Crippen molar-refractivity contribution in [3.63, 3.8) is 0 Å². The molecule has 0 saturated carbocycles. The Bertz CT molecular complexity index is 1110. The predicted molar refractivity (Wildman–Crippen MR) is 126 cm³/mol. The molecule has 0 bridgehead atoms. The summed E-state index contributed by atoms with van der Waals surface area (Å²) in [4.78, 5) is 25.0. The molecule has 33 heavy (non-hydrogen) atoms. The maximum absolute atomic E-state index is 13.1. The highest BCUT2D eigenvalue weighted by Crippen LogP contribution is 2.29. The van der Waals surface area contributed by atoms with Crippen LogP contribution < -0.4 is 5.32 Å². The summed E-state index contributed by atoms with van der Waals surface area (Å²) in [5.41, 5.74) is 0.933. The fraction of sp³-hybridized carbons (Fsp3) is 0.417. The second kappa shape index (κ2) is 10.7. The highest BCUT2D eigenvalue weighted by molar-refractivity contribution is 7.89. The molecule has 0 aromatic heterocycles. The number of benzene rings is 2. The van der Waals surface area contributed by atoms with E-state index in [-0.39, 0.29) is 27.4 Å². The quantitative estimate of drug-likeness (QED) is 0.585. The van der Waals surface area contributed by atoms with Crippen LogP contribution in [-0.4, -0.2) is 43.8 Å². The van der Waals surface area contributed by atoms with E-state index in [1.54, 1.807) is 0 Å². The lowest BCUT2D eigenvalue weighted by Gasteiger charge is -2.30. The summed E-state index contributed by atoms with van der Waals surface area (Å²) in [6.45, 7) is 6.12. The van der Waals surface area contributed by atoms with Crippen LogP contribution in [0.5, 0.6) is 0 Å². The summed E-state index contributed by atoms with van der Waals surface area (Å²) < 4.78 is 33.0. The molecule has 1 amide bonds. The Morgan fingerprint density at radius 2 is 1.85 bits per heavy atom. The van der Waals surface area contributed by atoms with Crippen molar-refractivity contribution in [2.24, 2.45) is 5.92 Å². The van der Waals surface area contributed by atoms with E-state index in [4.69, 9.17) is 16.3 Å². The molecule has 1 heterocycles. The van der Waals surface area contributed by atoms with E-state index >= 15 is 0 Å². The second-order valence-corrected chi connectivity index (χ2v) is 10.8. The third-order valence-corrected chi connectivity index (χ3v) is 8.06. The molecule has 1 N–H and O–H groups in total. The fourth-order valence-corrected chi connectivity index (χ4v) is 5.87. The van der Waals surface area contributed by atoms with Gasteiger partial charge in [0.25, 0.3) is 5.91 Å². The van der Waals surface area contributed by atoms with E-state index in [1.165, 1.54) is 29.4 Å². The van der Waals surface area contributed by atoms with Crippen LogP contribution in [0.3, 0.4) is 0 Å². The molecule has 178 valence electrons. The molecule has 1 aliphatic rings. The first-order valence-corrected chi connectivity index (χ1v) is 12.8. The van der Waals surface area contributed by atoms with Crippen LogP contribution in [0, 0.1) is 5.92 Å². The Kier molecular flexibility index (Phi) is 8.15. The maximum Gasteiger partial charge on any atom is 0.338 e. The Morgan fingerprint density at radius 1 is 1.15 bits per heavy atom. The SMILES string of the molecule is CC1CCCN(S(=O)(=O)c2cc(C(=O)OC(C)C(=O)NC(C)c3ccccc3)ccc2Cl)C1. The summed E-state index contributed by atoms with van der Waals surface area (Å²) in [5, 5.41) is 2.84. The van der Waals surface area contributed by atoms with Crippen molar-refractivity contribution in [2.45, 2.75) is 50.7 Å². The molecular formula is C24H29ClN2O5S. The molecule has 1 fully saturated rings. The largest absolute Gasteiger partial charge is 0.449 e. The number of hydrogen-bond acceptors (Lipinski definition) is 5. The zero-order valence-electron chi connectivity index (χ0n) is 19.0. The van der Waals surface area contributed by atoms with Crippen LogP contribution in [0.4, 0.5) is 0 Å². The molecule has 0 spiro atoms. The highest BCUT2D eigenvalue weighted by atomic mass is 35.5. The number of hydrogen-bond donors (Lipinski definition) is 1. The van der Waals surface area contributed by atoms with Crippen molar-refractivity contribution in [3.05, 3.63) is 64.7 Å².